The van der Waals surface area contributed by atoms with E-state index in [1.165, 1.54) is 0 Å². The van der Waals surface area contributed by atoms with E-state index in [9.17, 15) is 8.42 Å². The highest BCUT2D eigenvalue weighted by Gasteiger charge is 2.29. The van der Waals surface area contributed by atoms with Gasteiger partial charge in [0.05, 0.1) is 4.90 Å². The highest BCUT2D eigenvalue weighted by Crippen LogP contribution is 2.24. The highest BCUT2D eigenvalue weighted by molar-refractivity contribution is 7.89. The fourth-order valence-electron chi connectivity index (χ4n) is 2.91. The molecule has 5 nitrogen and oxygen atoms in total. The van der Waals surface area contributed by atoms with Crippen LogP contribution in [0.2, 0.25) is 0 Å². The molecule has 1 saturated heterocycles. The summed E-state index contributed by atoms with van der Waals surface area (Å²) in [6.07, 6.45) is 0. The molecule has 1 aliphatic heterocycles. The Labute approximate surface area is 149 Å². The molecule has 1 heterocycles. The molecule has 0 aliphatic carbocycles. The normalized spacial score (nSPS) is 16.9. The first kappa shape index (κ1) is 17.9. The number of benzene rings is 2. The summed E-state index contributed by atoms with van der Waals surface area (Å²) in [5.41, 5.74) is 0. The number of para-hydroxylation sites is 1. The predicted molar refractivity (Wildman–Crippen MR) is 98.4 cm³/mol. The van der Waals surface area contributed by atoms with Crippen molar-refractivity contribution in [2.24, 2.45) is 0 Å². The SMILES string of the molecule is CC(C)N1CCN(S(=O)(=O)c2ccc(Oc3ccccc3)cc2)CC1. The summed E-state index contributed by atoms with van der Waals surface area (Å²) < 4.78 is 32.9. The Morgan fingerprint density at radius 1 is 0.840 bits per heavy atom. The number of sulfonamides is 1. The second-order valence-electron chi connectivity index (χ2n) is 6.42. The van der Waals surface area contributed by atoms with Crippen molar-refractivity contribution in [3.63, 3.8) is 0 Å². The minimum absolute atomic E-state index is 0.311. The molecule has 0 bridgehead atoms. The molecule has 1 fully saturated rings. The number of nitrogens with zero attached hydrogens (tertiary/aromatic N) is 2. The summed E-state index contributed by atoms with van der Waals surface area (Å²) in [5.74, 6) is 1.35. The summed E-state index contributed by atoms with van der Waals surface area (Å²) in [4.78, 5) is 2.61. The Hall–Kier alpha value is -1.89. The highest BCUT2D eigenvalue weighted by atomic mass is 32.2. The van der Waals surface area contributed by atoms with Crippen LogP contribution in [0.4, 0.5) is 0 Å². The van der Waals surface area contributed by atoms with Crippen LogP contribution in [-0.2, 0) is 10.0 Å². The summed E-state index contributed by atoms with van der Waals surface area (Å²) in [7, 11) is -3.45. The number of hydrogen-bond acceptors (Lipinski definition) is 4. The van der Waals surface area contributed by atoms with Gasteiger partial charge in [0.25, 0.3) is 0 Å². The van der Waals surface area contributed by atoms with Crippen molar-refractivity contribution in [1.82, 2.24) is 9.21 Å². The smallest absolute Gasteiger partial charge is 0.243 e. The van der Waals surface area contributed by atoms with Crippen LogP contribution in [0.3, 0.4) is 0 Å². The molecule has 0 saturated carbocycles. The van der Waals surface area contributed by atoms with Gasteiger partial charge in [-0.15, -0.1) is 0 Å². The second kappa shape index (κ2) is 7.56. The van der Waals surface area contributed by atoms with Gasteiger partial charge < -0.3 is 4.74 Å². The molecular weight excluding hydrogens is 336 g/mol. The standard InChI is InChI=1S/C19H24N2O3S/c1-16(2)20-12-14-21(15-13-20)25(22,23)19-10-8-18(9-11-19)24-17-6-4-3-5-7-17/h3-11,16H,12-15H2,1-2H3. The summed E-state index contributed by atoms with van der Waals surface area (Å²) >= 11 is 0. The van der Waals surface area contributed by atoms with E-state index in [-0.39, 0.29) is 0 Å². The zero-order valence-corrected chi connectivity index (χ0v) is 15.4. The summed E-state index contributed by atoms with van der Waals surface area (Å²) in [5, 5.41) is 0. The zero-order chi connectivity index (χ0) is 17.9. The molecule has 2 aromatic carbocycles. The van der Waals surface area contributed by atoms with E-state index in [1.54, 1.807) is 28.6 Å². The van der Waals surface area contributed by atoms with Crippen LogP contribution in [0, 0.1) is 0 Å². The maximum Gasteiger partial charge on any atom is 0.243 e. The van der Waals surface area contributed by atoms with Crippen molar-refractivity contribution in [1.29, 1.82) is 0 Å². The predicted octanol–water partition coefficient (Wildman–Crippen LogP) is 3.19. The summed E-state index contributed by atoms with van der Waals surface area (Å²) in [6.45, 7) is 6.87. The topological polar surface area (TPSA) is 49.9 Å². The molecule has 0 atom stereocenters. The van der Waals surface area contributed by atoms with E-state index in [0.717, 1.165) is 18.8 Å². The van der Waals surface area contributed by atoms with Crippen molar-refractivity contribution in [3.8, 4) is 11.5 Å². The molecule has 0 N–H and O–H groups in total. The van der Waals surface area contributed by atoms with Gasteiger partial charge in [-0.1, -0.05) is 18.2 Å². The first-order valence-electron chi connectivity index (χ1n) is 8.54. The molecule has 1 aliphatic rings. The van der Waals surface area contributed by atoms with Gasteiger partial charge in [0.1, 0.15) is 11.5 Å². The van der Waals surface area contributed by atoms with Gasteiger partial charge in [-0.3, -0.25) is 4.90 Å². The van der Waals surface area contributed by atoms with Crippen molar-refractivity contribution in [3.05, 3.63) is 54.6 Å². The van der Waals surface area contributed by atoms with Gasteiger partial charge in [0, 0.05) is 32.2 Å². The van der Waals surface area contributed by atoms with Crippen LogP contribution in [0.5, 0.6) is 11.5 Å². The van der Waals surface area contributed by atoms with Gasteiger partial charge in [-0.2, -0.15) is 4.31 Å². The molecule has 134 valence electrons. The fourth-order valence-corrected chi connectivity index (χ4v) is 4.34. The van der Waals surface area contributed by atoms with Crippen LogP contribution in [-0.4, -0.2) is 49.8 Å². The fraction of sp³-hybridized carbons (Fsp3) is 0.368. The van der Waals surface area contributed by atoms with Crippen LogP contribution >= 0.6 is 0 Å². The van der Waals surface area contributed by atoms with E-state index in [0.29, 0.717) is 29.8 Å². The zero-order valence-electron chi connectivity index (χ0n) is 14.6. The molecule has 0 amide bonds. The Kier molecular flexibility index (Phi) is 5.42. The van der Waals surface area contributed by atoms with Gasteiger partial charge >= 0.3 is 0 Å². The lowest BCUT2D eigenvalue weighted by Crippen LogP contribution is -2.50. The maximum absolute atomic E-state index is 12.8. The number of hydrogen-bond donors (Lipinski definition) is 0. The number of piperazine rings is 1. The minimum atomic E-state index is -3.45. The van der Waals surface area contributed by atoms with Gasteiger partial charge in [-0.25, -0.2) is 8.42 Å². The number of rotatable bonds is 5. The Morgan fingerprint density at radius 2 is 1.40 bits per heavy atom. The van der Waals surface area contributed by atoms with Crippen molar-refractivity contribution in [2.75, 3.05) is 26.2 Å². The van der Waals surface area contributed by atoms with Crippen molar-refractivity contribution in [2.45, 2.75) is 24.8 Å². The third kappa shape index (κ3) is 4.21. The molecule has 0 unspecified atom stereocenters. The molecule has 3 rings (SSSR count). The Morgan fingerprint density at radius 3 is 1.96 bits per heavy atom. The third-order valence-electron chi connectivity index (χ3n) is 4.44. The molecule has 0 radical (unpaired) electrons. The van der Waals surface area contributed by atoms with Gasteiger partial charge in [-0.05, 0) is 50.2 Å². The largest absolute Gasteiger partial charge is 0.457 e. The molecule has 0 spiro atoms. The maximum atomic E-state index is 12.8. The summed E-state index contributed by atoms with van der Waals surface area (Å²) in [6, 6.07) is 16.5. The average Bonchev–Trinajstić information content (AvgIpc) is 2.63. The van der Waals surface area contributed by atoms with Crippen LogP contribution in [0.25, 0.3) is 0 Å². The molecule has 6 heteroatoms. The van der Waals surface area contributed by atoms with E-state index < -0.39 is 10.0 Å². The molecular formula is C19H24N2O3S. The number of ether oxygens (including phenoxy) is 1. The van der Waals surface area contributed by atoms with Crippen molar-refractivity contribution < 1.29 is 13.2 Å². The lowest BCUT2D eigenvalue weighted by Gasteiger charge is -2.36. The van der Waals surface area contributed by atoms with E-state index in [2.05, 4.69) is 18.7 Å². The molecule has 25 heavy (non-hydrogen) atoms. The quantitative estimate of drug-likeness (QED) is 0.822. The monoisotopic (exact) mass is 360 g/mol. The third-order valence-corrected chi connectivity index (χ3v) is 6.36. The van der Waals surface area contributed by atoms with E-state index in [4.69, 9.17) is 4.74 Å². The molecule has 0 aromatic heterocycles. The first-order chi connectivity index (χ1) is 12.0. The average molecular weight is 360 g/mol. The van der Waals surface area contributed by atoms with Gasteiger partial charge in [0.2, 0.25) is 10.0 Å². The van der Waals surface area contributed by atoms with Crippen LogP contribution < -0.4 is 4.74 Å². The Bertz CT molecular complexity index is 781. The lowest BCUT2D eigenvalue weighted by molar-refractivity contribution is 0.154. The lowest BCUT2D eigenvalue weighted by atomic mass is 10.3. The van der Waals surface area contributed by atoms with E-state index in [1.807, 2.05) is 30.3 Å². The van der Waals surface area contributed by atoms with Crippen LogP contribution in [0.15, 0.2) is 59.5 Å². The van der Waals surface area contributed by atoms with Crippen molar-refractivity contribution >= 4 is 10.0 Å². The van der Waals surface area contributed by atoms with Gasteiger partial charge in [0.15, 0.2) is 0 Å². The minimum Gasteiger partial charge on any atom is -0.457 e. The first-order valence-corrected chi connectivity index (χ1v) is 9.98. The molecule has 2 aromatic rings. The second-order valence-corrected chi connectivity index (χ2v) is 8.36. The Balaban J connectivity index is 1.69. The van der Waals surface area contributed by atoms with E-state index >= 15 is 0 Å². The van der Waals surface area contributed by atoms with Crippen LogP contribution in [0.1, 0.15) is 13.8 Å².